The Morgan fingerprint density at radius 3 is 2.25 bits per heavy atom. The molecule has 0 heteroatoms. The first-order valence-electron chi connectivity index (χ1n) is 3.27. The van der Waals surface area contributed by atoms with E-state index in [-0.39, 0.29) is 0 Å². The Morgan fingerprint density at radius 2 is 2.12 bits per heavy atom. The van der Waals surface area contributed by atoms with Gasteiger partial charge in [-0.25, -0.2) is 0 Å². The molecule has 0 amide bonds. The van der Waals surface area contributed by atoms with Crippen molar-refractivity contribution >= 4 is 0 Å². The Morgan fingerprint density at radius 1 is 1.50 bits per heavy atom. The Bertz CT molecular complexity index is 76.5. The molecule has 0 rings (SSSR count). The Hall–Kier alpha value is -0.440. The van der Waals surface area contributed by atoms with Crippen LogP contribution in [-0.4, -0.2) is 0 Å². The van der Waals surface area contributed by atoms with Crippen LogP contribution in [0.15, 0.2) is 0 Å². The van der Waals surface area contributed by atoms with Crippen LogP contribution in [0.5, 0.6) is 0 Å². The van der Waals surface area contributed by atoms with Gasteiger partial charge in [-0.1, -0.05) is 26.2 Å². The predicted molar refractivity (Wildman–Crippen MR) is 35.8 cm³/mol. The van der Waals surface area contributed by atoms with Crippen molar-refractivity contribution in [1.82, 2.24) is 0 Å². The van der Waals surface area contributed by atoms with Gasteiger partial charge in [0.2, 0.25) is 0 Å². The van der Waals surface area contributed by atoms with Crippen molar-refractivity contribution in [3.8, 4) is 5.92 Å². The van der Waals surface area contributed by atoms with E-state index in [1.54, 1.807) is 0 Å². The lowest BCUT2D eigenvalue weighted by atomic mass is 10.0. The highest BCUT2D eigenvalue weighted by atomic mass is 14.0. The van der Waals surface area contributed by atoms with Gasteiger partial charge in [0.15, 0.2) is 0 Å². The van der Waals surface area contributed by atoms with Crippen molar-refractivity contribution in [3.63, 3.8) is 0 Å². The summed E-state index contributed by atoms with van der Waals surface area (Å²) in [6.07, 6.45) is 10.2. The summed E-state index contributed by atoms with van der Waals surface area (Å²) in [5.74, 6) is 2.92. The highest BCUT2D eigenvalue weighted by Crippen LogP contribution is 2.07. The molecule has 0 nitrogen and oxygen atoms in total. The van der Waals surface area contributed by atoms with E-state index in [4.69, 9.17) is 6.42 Å². The maximum atomic E-state index is 6.81. The summed E-state index contributed by atoms with van der Waals surface area (Å²) in [7, 11) is 0. The molecule has 45 valence electrons. The molecule has 0 heterocycles. The number of hydrogen-bond donors (Lipinski definition) is 0. The van der Waals surface area contributed by atoms with Crippen LogP contribution in [0.1, 0.15) is 33.1 Å². The molecule has 8 heavy (non-hydrogen) atoms. The molecular formula is C8H13. The van der Waals surface area contributed by atoms with Crippen molar-refractivity contribution < 1.29 is 0 Å². The van der Waals surface area contributed by atoms with Crippen molar-refractivity contribution in [2.24, 2.45) is 5.92 Å². The molecule has 0 aromatic carbocycles. The largest absolute Gasteiger partial charge is 0.0857 e. The molecule has 0 aliphatic carbocycles. The van der Waals surface area contributed by atoms with Gasteiger partial charge in [-0.15, -0.1) is 0 Å². The number of rotatable bonds is 3. The molecular weight excluding hydrogens is 96.1 g/mol. The first-order valence-corrected chi connectivity index (χ1v) is 3.27. The zero-order valence-corrected chi connectivity index (χ0v) is 5.70. The Kier molecular flexibility index (Phi) is 4.45. The lowest BCUT2D eigenvalue weighted by molar-refractivity contribution is 0.581. The minimum absolute atomic E-state index is 0.417. The van der Waals surface area contributed by atoms with Gasteiger partial charge in [-0.3, -0.25) is 0 Å². The monoisotopic (exact) mass is 109 g/mol. The summed E-state index contributed by atoms with van der Waals surface area (Å²) in [6.45, 7) is 4.24. The Labute approximate surface area is 52.3 Å². The summed E-state index contributed by atoms with van der Waals surface area (Å²) in [5.41, 5.74) is 0. The fourth-order valence-electron chi connectivity index (χ4n) is 0.727. The summed E-state index contributed by atoms with van der Waals surface area (Å²) >= 11 is 0. The average Bonchev–Trinajstić information content (AvgIpc) is 1.83. The highest BCUT2D eigenvalue weighted by Gasteiger charge is 1.96. The zero-order chi connectivity index (χ0) is 6.41. The summed E-state index contributed by atoms with van der Waals surface area (Å²) in [5, 5.41) is 0. The maximum Gasteiger partial charge on any atom is 0.0210 e. The van der Waals surface area contributed by atoms with E-state index in [1.807, 2.05) is 0 Å². The third kappa shape index (κ3) is 2.69. The van der Waals surface area contributed by atoms with Crippen LogP contribution in [0.25, 0.3) is 0 Å². The highest BCUT2D eigenvalue weighted by molar-refractivity contribution is 4.85. The maximum absolute atomic E-state index is 6.81. The second kappa shape index (κ2) is 4.71. The lowest BCUT2D eigenvalue weighted by Crippen LogP contribution is -1.91. The normalized spacial score (nSPS) is 12.6. The molecule has 0 saturated carbocycles. The minimum Gasteiger partial charge on any atom is -0.0857 e. The molecule has 1 atom stereocenters. The van der Waals surface area contributed by atoms with Crippen LogP contribution >= 0.6 is 0 Å². The van der Waals surface area contributed by atoms with E-state index in [9.17, 15) is 0 Å². The molecule has 0 N–H and O–H groups in total. The van der Waals surface area contributed by atoms with E-state index >= 15 is 0 Å². The van der Waals surface area contributed by atoms with Crippen molar-refractivity contribution in [1.29, 1.82) is 0 Å². The first-order chi connectivity index (χ1) is 3.85. The topological polar surface area (TPSA) is 0 Å². The fraction of sp³-hybridized carbons (Fsp3) is 0.750. The molecule has 1 radical (unpaired) electrons. The molecule has 0 aromatic rings. The van der Waals surface area contributed by atoms with Crippen LogP contribution in [0, 0.1) is 18.3 Å². The molecule has 0 fully saturated rings. The van der Waals surface area contributed by atoms with Gasteiger partial charge in [-0.05, 0) is 19.3 Å². The van der Waals surface area contributed by atoms with Gasteiger partial charge >= 0.3 is 0 Å². The molecule has 0 bridgehead atoms. The van der Waals surface area contributed by atoms with Crippen molar-refractivity contribution in [2.75, 3.05) is 0 Å². The van der Waals surface area contributed by atoms with E-state index in [2.05, 4.69) is 19.8 Å². The van der Waals surface area contributed by atoms with Gasteiger partial charge in [0.25, 0.3) is 0 Å². The fourth-order valence-corrected chi connectivity index (χ4v) is 0.727. The molecule has 0 aliphatic rings. The van der Waals surface area contributed by atoms with Crippen LogP contribution in [0.2, 0.25) is 0 Å². The van der Waals surface area contributed by atoms with Gasteiger partial charge < -0.3 is 0 Å². The molecule has 0 aliphatic heterocycles. The van der Waals surface area contributed by atoms with Gasteiger partial charge in [0.1, 0.15) is 0 Å². The lowest BCUT2D eigenvalue weighted by Gasteiger charge is -2.01. The molecule has 1 unspecified atom stereocenters. The van der Waals surface area contributed by atoms with Gasteiger partial charge in [-0.2, -0.15) is 0 Å². The van der Waals surface area contributed by atoms with Crippen LogP contribution in [0.4, 0.5) is 0 Å². The smallest absolute Gasteiger partial charge is 0.0210 e. The van der Waals surface area contributed by atoms with E-state index in [1.165, 1.54) is 6.42 Å². The van der Waals surface area contributed by atoms with E-state index < -0.39 is 0 Å². The van der Waals surface area contributed by atoms with Crippen LogP contribution in [-0.2, 0) is 0 Å². The first kappa shape index (κ1) is 7.56. The second-order valence-corrected chi connectivity index (χ2v) is 2.04. The third-order valence-electron chi connectivity index (χ3n) is 1.33. The molecule has 0 spiro atoms. The van der Waals surface area contributed by atoms with E-state index in [0.29, 0.717) is 5.92 Å². The quantitative estimate of drug-likeness (QED) is 0.488. The zero-order valence-electron chi connectivity index (χ0n) is 5.70. The van der Waals surface area contributed by atoms with Gasteiger partial charge in [0.05, 0.1) is 0 Å². The van der Waals surface area contributed by atoms with Crippen molar-refractivity contribution in [2.45, 2.75) is 33.1 Å². The predicted octanol–water partition coefficient (Wildman–Crippen LogP) is 2.40. The summed E-state index contributed by atoms with van der Waals surface area (Å²) in [6, 6.07) is 0. The van der Waals surface area contributed by atoms with Crippen LogP contribution < -0.4 is 0 Å². The SMILES string of the molecule is [C]#CC(CC)CCC. The van der Waals surface area contributed by atoms with E-state index in [0.717, 1.165) is 12.8 Å². The molecule has 0 aromatic heterocycles. The van der Waals surface area contributed by atoms with Crippen molar-refractivity contribution in [3.05, 3.63) is 6.42 Å². The second-order valence-electron chi connectivity index (χ2n) is 2.04. The number of hydrogen-bond acceptors (Lipinski definition) is 0. The molecule has 0 saturated heterocycles. The minimum atomic E-state index is 0.417. The third-order valence-corrected chi connectivity index (χ3v) is 1.33. The summed E-state index contributed by atoms with van der Waals surface area (Å²) in [4.78, 5) is 0. The standard InChI is InChI=1S/C8H13/c1-4-7-8(5-2)6-3/h8H,4-5,7H2,1-2H3. The van der Waals surface area contributed by atoms with Crippen LogP contribution in [0.3, 0.4) is 0 Å². The average molecular weight is 109 g/mol. The van der Waals surface area contributed by atoms with Gasteiger partial charge in [0, 0.05) is 5.92 Å². The summed E-state index contributed by atoms with van der Waals surface area (Å²) < 4.78 is 0. The Balaban J connectivity index is 3.26.